The van der Waals surface area contributed by atoms with Gasteiger partial charge in [0.15, 0.2) is 0 Å². The van der Waals surface area contributed by atoms with Crippen LogP contribution >= 0.6 is 0 Å². The van der Waals surface area contributed by atoms with E-state index in [1.807, 2.05) is 24.8 Å². The summed E-state index contributed by atoms with van der Waals surface area (Å²) in [5.74, 6) is -0.383. The Bertz CT molecular complexity index is 1420. The molecule has 2 fully saturated rings. The summed E-state index contributed by atoms with van der Waals surface area (Å²) in [5, 5.41) is 11.0. The molecule has 1 saturated carbocycles. The monoisotopic (exact) mass is 558 g/mol. The van der Waals surface area contributed by atoms with Gasteiger partial charge in [-0.3, -0.25) is 4.90 Å². The number of anilines is 1. The van der Waals surface area contributed by atoms with Crippen molar-refractivity contribution in [3.05, 3.63) is 53.6 Å². The highest BCUT2D eigenvalue weighted by molar-refractivity contribution is 5.99. The number of ether oxygens (including phenoxy) is 1. The topological polar surface area (TPSA) is 78.2 Å². The van der Waals surface area contributed by atoms with Gasteiger partial charge in [0, 0.05) is 74.5 Å². The van der Waals surface area contributed by atoms with Crippen molar-refractivity contribution in [1.82, 2.24) is 14.4 Å². The summed E-state index contributed by atoms with van der Waals surface area (Å²) in [6.45, 7) is 10.3. The SMILES string of the molecule is CC(C)OC(=O)N1CCN(CCN2CCn3c(c(C4CCCCC4)c4ccc(C(=O)O)cc43)-c3ccccc32)CC1. The number of carbonyl (C=O) groups is 2. The van der Waals surface area contributed by atoms with Crippen LogP contribution in [0.4, 0.5) is 10.5 Å². The molecule has 218 valence electrons. The minimum absolute atomic E-state index is 0.102. The number of fused-ring (bicyclic) bond motifs is 5. The summed E-state index contributed by atoms with van der Waals surface area (Å²) >= 11 is 0. The lowest BCUT2D eigenvalue weighted by molar-refractivity contribution is 0.0576. The van der Waals surface area contributed by atoms with Crippen LogP contribution in [0.25, 0.3) is 22.2 Å². The number of aromatic carboxylic acids is 1. The molecule has 0 bridgehead atoms. The van der Waals surface area contributed by atoms with Gasteiger partial charge in [0.1, 0.15) is 0 Å². The van der Waals surface area contributed by atoms with Crippen LogP contribution in [0.5, 0.6) is 0 Å². The van der Waals surface area contributed by atoms with Gasteiger partial charge >= 0.3 is 12.1 Å². The number of amides is 1. The molecule has 3 aromatic rings. The second-order valence-electron chi connectivity index (χ2n) is 12.1. The minimum Gasteiger partial charge on any atom is -0.478 e. The van der Waals surface area contributed by atoms with E-state index in [9.17, 15) is 14.7 Å². The molecule has 0 spiro atoms. The summed E-state index contributed by atoms with van der Waals surface area (Å²) in [6.07, 6.45) is 5.86. The van der Waals surface area contributed by atoms with Gasteiger partial charge in [-0.2, -0.15) is 0 Å². The summed E-state index contributed by atoms with van der Waals surface area (Å²) in [5.41, 5.74) is 6.59. The molecule has 2 aliphatic heterocycles. The summed E-state index contributed by atoms with van der Waals surface area (Å²) in [7, 11) is 0. The first kappa shape index (κ1) is 27.6. The second-order valence-corrected chi connectivity index (χ2v) is 12.1. The van der Waals surface area contributed by atoms with Crippen LogP contribution in [0, 0.1) is 0 Å². The fourth-order valence-corrected chi connectivity index (χ4v) is 7.05. The Balaban J connectivity index is 1.28. The van der Waals surface area contributed by atoms with Gasteiger partial charge in [-0.15, -0.1) is 0 Å². The van der Waals surface area contributed by atoms with Crippen molar-refractivity contribution in [1.29, 1.82) is 0 Å². The van der Waals surface area contributed by atoms with Crippen LogP contribution in [-0.2, 0) is 11.3 Å². The van der Waals surface area contributed by atoms with Crippen LogP contribution in [-0.4, -0.2) is 83.5 Å². The largest absolute Gasteiger partial charge is 0.478 e. The molecule has 0 radical (unpaired) electrons. The van der Waals surface area contributed by atoms with E-state index in [1.165, 1.54) is 60.0 Å². The fraction of sp³-hybridized carbons (Fsp3) is 0.515. The number of hydrogen-bond acceptors (Lipinski definition) is 5. The quantitative estimate of drug-likeness (QED) is 0.398. The van der Waals surface area contributed by atoms with E-state index in [4.69, 9.17) is 4.74 Å². The zero-order valence-corrected chi connectivity index (χ0v) is 24.3. The first-order valence-corrected chi connectivity index (χ1v) is 15.3. The molecule has 41 heavy (non-hydrogen) atoms. The van der Waals surface area contributed by atoms with Gasteiger partial charge < -0.3 is 24.2 Å². The second kappa shape index (κ2) is 11.8. The van der Waals surface area contributed by atoms with Gasteiger partial charge in [0.05, 0.1) is 17.4 Å². The standard InChI is InChI=1S/C33H42N4O4/c1-23(2)41-33(40)36-18-15-34(16-19-36)14-17-35-20-21-37-29-22-25(32(38)39)12-13-26(29)30(24-8-4-3-5-9-24)31(37)27-10-6-7-11-28(27)35/h6-7,10-13,22-24H,3-5,8-9,14-21H2,1-2H3,(H,38,39). The Labute approximate surface area is 242 Å². The highest BCUT2D eigenvalue weighted by atomic mass is 16.6. The van der Waals surface area contributed by atoms with E-state index in [2.05, 4.69) is 44.7 Å². The molecule has 8 nitrogen and oxygen atoms in total. The molecule has 1 saturated heterocycles. The molecule has 1 amide bonds. The average Bonchev–Trinajstić information content (AvgIpc) is 3.21. The van der Waals surface area contributed by atoms with E-state index < -0.39 is 5.97 Å². The smallest absolute Gasteiger partial charge is 0.410 e. The van der Waals surface area contributed by atoms with Gasteiger partial charge in [-0.05, 0) is 56.4 Å². The van der Waals surface area contributed by atoms with Crippen molar-refractivity contribution >= 4 is 28.7 Å². The average molecular weight is 559 g/mol. The maximum absolute atomic E-state index is 12.3. The number of carboxylic acids is 1. The number of aromatic nitrogens is 1. The van der Waals surface area contributed by atoms with E-state index in [0.29, 0.717) is 24.6 Å². The molecule has 1 aromatic heterocycles. The molecule has 0 unspecified atom stereocenters. The van der Waals surface area contributed by atoms with Gasteiger partial charge in [-0.25, -0.2) is 9.59 Å². The highest BCUT2D eigenvalue weighted by Crippen LogP contribution is 2.47. The Kier molecular flexibility index (Phi) is 7.93. The van der Waals surface area contributed by atoms with Crippen molar-refractivity contribution in [2.75, 3.05) is 50.7 Å². The Morgan fingerprint density at radius 2 is 1.68 bits per heavy atom. The molecule has 2 aromatic carbocycles. The Hall–Kier alpha value is -3.52. The normalized spacial score (nSPS) is 18.3. The molecule has 0 atom stereocenters. The zero-order chi connectivity index (χ0) is 28.5. The fourth-order valence-electron chi connectivity index (χ4n) is 7.05. The predicted molar refractivity (Wildman–Crippen MR) is 162 cm³/mol. The van der Waals surface area contributed by atoms with Crippen molar-refractivity contribution in [3.63, 3.8) is 0 Å². The van der Waals surface area contributed by atoms with Gasteiger partial charge in [0.25, 0.3) is 0 Å². The Morgan fingerprint density at radius 3 is 2.41 bits per heavy atom. The minimum atomic E-state index is -0.880. The third-order valence-corrected chi connectivity index (χ3v) is 9.11. The molecule has 3 aliphatic rings. The number of carbonyl (C=O) groups excluding carboxylic acids is 1. The lowest BCUT2D eigenvalue weighted by atomic mass is 9.81. The first-order valence-electron chi connectivity index (χ1n) is 15.3. The van der Waals surface area contributed by atoms with Crippen molar-refractivity contribution < 1.29 is 19.4 Å². The first-order chi connectivity index (χ1) is 19.9. The zero-order valence-electron chi connectivity index (χ0n) is 24.3. The van der Waals surface area contributed by atoms with E-state index >= 15 is 0 Å². The van der Waals surface area contributed by atoms with Crippen molar-refractivity contribution in [2.45, 2.75) is 64.5 Å². The molecule has 1 N–H and O–H groups in total. The summed E-state index contributed by atoms with van der Waals surface area (Å²) in [4.78, 5) is 31.0. The molecule has 8 heteroatoms. The van der Waals surface area contributed by atoms with Crippen molar-refractivity contribution in [3.8, 4) is 11.3 Å². The summed E-state index contributed by atoms with van der Waals surface area (Å²) < 4.78 is 7.79. The number of benzene rings is 2. The molecule has 6 rings (SSSR count). The number of para-hydroxylation sites is 1. The highest BCUT2D eigenvalue weighted by Gasteiger charge is 2.31. The number of nitrogens with zero attached hydrogens (tertiary/aromatic N) is 4. The van der Waals surface area contributed by atoms with Crippen LogP contribution in [0.3, 0.4) is 0 Å². The number of piperazine rings is 1. The van der Waals surface area contributed by atoms with Crippen molar-refractivity contribution in [2.24, 2.45) is 0 Å². The predicted octanol–water partition coefficient (Wildman–Crippen LogP) is 6.04. The van der Waals surface area contributed by atoms with Crippen LogP contribution < -0.4 is 4.90 Å². The lowest BCUT2D eigenvalue weighted by Gasteiger charge is -2.36. The van der Waals surface area contributed by atoms with E-state index in [0.717, 1.165) is 44.8 Å². The number of rotatable bonds is 6. The van der Waals surface area contributed by atoms with Gasteiger partial charge in [-0.1, -0.05) is 43.5 Å². The van der Waals surface area contributed by atoms with Crippen LogP contribution in [0.2, 0.25) is 0 Å². The van der Waals surface area contributed by atoms with E-state index in [-0.39, 0.29) is 12.2 Å². The maximum Gasteiger partial charge on any atom is 0.410 e. The number of carboxylic acid groups (broad SMARTS) is 1. The molecular formula is C33H42N4O4. The number of hydrogen-bond donors (Lipinski definition) is 1. The third-order valence-electron chi connectivity index (χ3n) is 9.11. The summed E-state index contributed by atoms with van der Waals surface area (Å²) in [6, 6.07) is 14.5. The van der Waals surface area contributed by atoms with E-state index in [1.54, 1.807) is 6.07 Å². The maximum atomic E-state index is 12.3. The third kappa shape index (κ3) is 5.54. The molecular weight excluding hydrogens is 516 g/mol. The van der Waals surface area contributed by atoms with Crippen LogP contribution in [0.1, 0.15) is 67.8 Å². The van der Waals surface area contributed by atoms with Crippen LogP contribution in [0.15, 0.2) is 42.5 Å². The van der Waals surface area contributed by atoms with Gasteiger partial charge in [0.2, 0.25) is 0 Å². The Morgan fingerprint density at radius 1 is 0.927 bits per heavy atom. The molecule has 1 aliphatic carbocycles. The lowest BCUT2D eigenvalue weighted by Crippen LogP contribution is -2.50. The molecule has 3 heterocycles.